The first-order chi connectivity index (χ1) is 9.13. The number of hydrogen-bond donors (Lipinski definition) is 2. The van der Waals surface area contributed by atoms with Gasteiger partial charge in [0.05, 0.1) is 6.61 Å². The molecule has 0 saturated carbocycles. The van der Waals surface area contributed by atoms with E-state index in [2.05, 4.69) is 15.0 Å². The van der Waals surface area contributed by atoms with Crippen LogP contribution in [0.2, 0.25) is 0 Å². The summed E-state index contributed by atoms with van der Waals surface area (Å²) in [6.45, 7) is 4.09. The van der Waals surface area contributed by atoms with Crippen molar-refractivity contribution in [3.63, 3.8) is 0 Å². The molecule has 0 bridgehead atoms. The smallest absolute Gasteiger partial charge is 0.396 e. The molecule has 100 valence electrons. The molecule has 1 aromatic heterocycles. The number of H-pyrrole nitrogens is 1. The minimum atomic E-state index is -0.847. The van der Waals surface area contributed by atoms with Gasteiger partial charge in [-0.05, 0) is 25.5 Å². The summed E-state index contributed by atoms with van der Waals surface area (Å²) >= 11 is 0. The SMILES string of the molecule is CCOC(=O)C(=O)NCc1c(C)[nH]c2ccccc12. The number of carbonyl (C=O) groups excluding carboxylic acids is 2. The van der Waals surface area contributed by atoms with Crippen LogP contribution in [0.4, 0.5) is 0 Å². The van der Waals surface area contributed by atoms with Crippen molar-refractivity contribution in [2.45, 2.75) is 20.4 Å². The van der Waals surface area contributed by atoms with Crippen LogP contribution in [0.1, 0.15) is 18.2 Å². The fourth-order valence-corrected chi connectivity index (χ4v) is 2.00. The number of aryl methyl sites for hydroxylation is 1. The number of para-hydroxylation sites is 1. The van der Waals surface area contributed by atoms with Gasteiger partial charge in [0.25, 0.3) is 0 Å². The van der Waals surface area contributed by atoms with Gasteiger partial charge in [0, 0.05) is 23.1 Å². The third-order valence-corrected chi connectivity index (χ3v) is 2.91. The van der Waals surface area contributed by atoms with Crippen molar-refractivity contribution in [2.75, 3.05) is 6.61 Å². The molecule has 0 aliphatic carbocycles. The number of ether oxygens (including phenoxy) is 1. The molecule has 0 spiro atoms. The maximum atomic E-state index is 11.5. The van der Waals surface area contributed by atoms with E-state index in [1.54, 1.807) is 6.92 Å². The minimum Gasteiger partial charge on any atom is -0.459 e. The third-order valence-electron chi connectivity index (χ3n) is 2.91. The van der Waals surface area contributed by atoms with Crippen molar-refractivity contribution in [3.8, 4) is 0 Å². The van der Waals surface area contributed by atoms with Gasteiger partial charge in [0.2, 0.25) is 0 Å². The largest absolute Gasteiger partial charge is 0.459 e. The zero-order valence-corrected chi connectivity index (χ0v) is 10.9. The number of hydrogen-bond acceptors (Lipinski definition) is 3. The Labute approximate surface area is 110 Å². The van der Waals surface area contributed by atoms with E-state index in [9.17, 15) is 9.59 Å². The standard InChI is InChI=1S/C14H16N2O3/c1-3-19-14(18)13(17)15-8-11-9(2)16-12-7-5-4-6-10(11)12/h4-7,16H,3,8H2,1-2H3,(H,15,17). The van der Waals surface area contributed by atoms with Gasteiger partial charge in [-0.3, -0.25) is 4.79 Å². The van der Waals surface area contributed by atoms with E-state index in [4.69, 9.17) is 0 Å². The van der Waals surface area contributed by atoms with Crippen LogP contribution in [0, 0.1) is 6.92 Å². The molecule has 5 nitrogen and oxygen atoms in total. The Morgan fingerprint density at radius 1 is 1.32 bits per heavy atom. The predicted octanol–water partition coefficient (Wildman–Crippen LogP) is 1.66. The fraction of sp³-hybridized carbons (Fsp3) is 0.286. The number of benzene rings is 1. The lowest BCUT2D eigenvalue weighted by Crippen LogP contribution is -2.32. The van der Waals surface area contributed by atoms with Gasteiger partial charge >= 0.3 is 11.9 Å². The lowest BCUT2D eigenvalue weighted by molar-refractivity contribution is -0.154. The van der Waals surface area contributed by atoms with E-state index in [-0.39, 0.29) is 6.61 Å². The average molecular weight is 260 g/mol. The highest BCUT2D eigenvalue weighted by atomic mass is 16.5. The summed E-state index contributed by atoms with van der Waals surface area (Å²) in [5, 5.41) is 3.61. The molecule has 0 saturated heterocycles. The summed E-state index contributed by atoms with van der Waals surface area (Å²) in [5.41, 5.74) is 2.97. The molecular weight excluding hydrogens is 244 g/mol. The molecule has 0 radical (unpaired) electrons. The number of nitrogens with one attached hydrogen (secondary N) is 2. The van der Waals surface area contributed by atoms with Crippen LogP contribution >= 0.6 is 0 Å². The Bertz CT molecular complexity index is 616. The van der Waals surface area contributed by atoms with Gasteiger partial charge in [0.1, 0.15) is 0 Å². The molecule has 0 aliphatic rings. The normalized spacial score (nSPS) is 10.4. The van der Waals surface area contributed by atoms with Crippen molar-refractivity contribution >= 4 is 22.8 Å². The van der Waals surface area contributed by atoms with Crippen molar-refractivity contribution in [1.82, 2.24) is 10.3 Å². The third kappa shape index (κ3) is 2.76. The molecule has 2 N–H and O–H groups in total. The van der Waals surface area contributed by atoms with Gasteiger partial charge in [-0.2, -0.15) is 0 Å². The lowest BCUT2D eigenvalue weighted by atomic mass is 10.1. The Morgan fingerprint density at radius 2 is 2.05 bits per heavy atom. The molecule has 0 aliphatic heterocycles. The highest BCUT2D eigenvalue weighted by molar-refractivity contribution is 6.32. The van der Waals surface area contributed by atoms with E-state index in [1.807, 2.05) is 31.2 Å². The molecule has 5 heteroatoms. The van der Waals surface area contributed by atoms with E-state index in [0.717, 1.165) is 22.2 Å². The molecule has 0 atom stereocenters. The lowest BCUT2D eigenvalue weighted by Gasteiger charge is -2.05. The van der Waals surface area contributed by atoms with Crippen molar-refractivity contribution < 1.29 is 14.3 Å². The van der Waals surface area contributed by atoms with Gasteiger partial charge in [-0.25, -0.2) is 4.79 Å². The van der Waals surface area contributed by atoms with Crippen LogP contribution in [0.3, 0.4) is 0 Å². The van der Waals surface area contributed by atoms with E-state index >= 15 is 0 Å². The topological polar surface area (TPSA) is 71.2 Å². The highest BCUT2D eigenvalue weighted by Crippen LogP contribution is 2.21. The Morgan fingerprint density at radius 3 is 2.79 bits per heavy atom. The van der Waals surface area contributed by atoms with Gasteiger partial charge < -0.3 is 15.0 Å². The van der Waals surface area contributed by atoms with Crippen molar-refractivity contribution in [1.29, 1.82) is 0 Å². The number of aromatic amines is 1. The molecule has 0 unspecified atom stereocenters. The van der Waals surface area contributed by atoms with Crippen LogP contribution in [-0.2, 0) is 20.9 Å². The summed E-state index contributed by atoms with van der Waals surface area (Å²) in [6.07, 6.45) is 0. The second-order valence-electron chi connectivity index (χ2n) is 4.18. The number of carbonyl (C=O) groups is 2. The first kappa shape index (κ1) is 13.1. The minimum absolute atomic E-state index is 0.193. The highest BCUT2D eigenvalue weighted by Gasteiger charge is 2.15. The first-order valence-corrected chi connectivity index (χ1v) is 6.14. The number of amides is 1. The second kappa shape index (κ2) is 5.56. The number of rotatable bonds is 3. The molecule has 1 amide bonds. The predicted molar refractivity (Wildman–Crippen MR) is 71.5 cm³/mol. The second-order valence-corrected chi connectivity index (χ2v) is 4.18. The monoisotopic (exact) mass is 260 g/mol. The molecule has 0 fully saturated rings. The Balaban J connectivity index is 2.12. The molecule has 2 rings (SSSR count). The Kier molecular flexibility index (Phi) is 3.85. The number of fused-ring (bicyclic) bond motifs is 1. The summed E-state index contributed by atoms with van der Waals surface area (Å²) in [5.74, 6) is -1.56. The zero-order chi connectivity index (χ0) is 13.8. The van der Waals surface area contributed by atoms with E-state index in [0.29, 0.717) is 6.54 Å². The van der Waals surface area contributed by atoms with Gasteiger partial charge in [-0.1, -0.05) is 18.2 Å². The zero-order valence-electron chi connectivity index (χ0n) is 10.9. The summed E-state index contributed by atoms with van der Waals surface area (Å²) < 4.78 is 4.63. The fourth-order valence-electron chi connectivity index (χ4n) is 2.00. The van der Waals surface area contributed by atoms with Crippen LogP contribution in [0.15, 0.2) is 24.3 Å². The maximum Gasteiger partial charge on any atom is 0.396 e. The first-order valence-electron chi connectivity index (χ1n) is 6.14. The van der Waals surface area contributed by atoms with E-state index < -0.39 is 11.9 Å². The summed E-state index contributed by atoms with van der Waals surface area (Å²) in [7, 11) is 0. The van der Waals surface area contributed by atoms with E-state index in [1.165, 1.54) is 0 Å². The summed E-state index contributed by atoms with van der Waals surface area (Å²) in [4.78, 5) is 25.9. The molecular formula is C14H16N2O3. The van der Waals surface area contributed by atoms with Crippen LogP contribution in [0.25, 0.3) is 10.9 Å². The van der Waals surface area contributed by atoms with Gasteiger partial charge in [-0.15, -0.1) is 0 Å². The van der Waals surface area contributed by atoms with Crippen LogP contribution < -0.4 is 5.32 Å². The Hall–Kier alpha value is -2.30. The molecule has 2 aromatic rings. The average Bonchev–Trinajstić information content (AvgIpc) is 2.72. The molecule has 19 heavy (non-hydrogen) atoms. The number of aromatic nitrogens is 1. The van der Waals surface area contributed by atoms with Crippen molar-refractivity contribution in [3.05, 3.63) is 35.5 Å². The number of esters is 1. The summed E-state index contributed by atoms with van der Waals surface area (Å²) in [6, 6.07) is 7.83. The van der Waals surface area contributed by atoms with Crippen LogP contribution in [0.5, 0.6) is 0 Å². The van der Waals surface area contributed by atoms with Gasteiger partial charge in [0.15, 0.2) is 0 Å². The van der Waals surface area contributed by atoms with Crippen molar-refractivity contribution in [2.24, 2.45) is 0 Å². The molecule has 1 aromatic carbocycles. The maximum absolute atomic E-state index is 11.5. The molecule has 1 heterocycles. The van der Waals surface area contributed by atoms with Crippen LogP contribution in [-0.4, -0.2) is 23.5 Å². The quantitative estimate of drug-likeness (QED) is 0.651.